The Morgan fingerprint density at radius 2 is 1.67 bits per heavy atom. The molecule has 7 nitrogen and oxygen atoms in total. The summed E-state index contributed by atoms with van der Waals surface area (Å²) in [5.41, 5.74) is 0.205. The third-order valence-electron chi connectivity index (χ3n) is 7.51. The quantitative estimate of drug-likeness (QED) is 0.160. The molecule has 45 heavy (non-hydrogen) atoms. The highest BCUT2D eigenvalue weighted by Crippen LogP contribution is 2.37. The van der Waals surface area contributed by atoms with Crippen LogP contribution in [0.15, 0.2) is 100 Å². The Hall–Kier alpha value is -4.64. The number of hydrogen-bond donors (Lipinski definition) is 0. The van der Waals surface area contributed by atoms with E-state index in [1.54, 1.807) is 43.3 Å². The first kappa shape index (κ1) is 31.8. The summed E-state index contributed by atoms with van der Waals surface area (Å²) >= 11 is 3.56. The Balaban J connectivity index is 1.72. The first-order chi connectivity index (χ1) is 21.5. The van der Waals surface area contributed by atoms with Crippen LogP contribution in [0.4, 0.5) is 13.2 Å². The molecule has 232 valence electrons. The summed E-state index contributed by atoms with van der Waals surface area (Å²) in [4.78, 5) is 34.6. The van der Waals surface area contributed by atoms with Crippen LogP contribution >= 0.6 is 15.9 Å². The Morgan fingerprint density at radius 3 is 2.36 bits per heavy atom. The van der Waals surface area contributed by atoms with E-state index < -0.39 is 29.2 Å². The van der Waals surface area contributed by atoms with Crippen LogP contribution in [0, 0.1) is 0 Å². The van der Waals surface area contributed by atoms with Crippen molar-refractivity contribution in [2.24, 2.45) is 0 Å². The van der Waals surface area contributed by atoms with Crippen molar-refractivity contribution < 1.29 is 27.4 Å². The Bertz CT molecular complexity index is 1910. The highest BCUT2D eigenvalue weighted by molar-refractivity contribution is 9.10. The number of ether oxygens (including phenoxy) is 2. The minimum absolute atomic E-state index is 0.131. The second-order valence-corrected chi connectivity index (χ2v) is 11.1. The van der Waals surface area contributed by atoms with Crippen molar-refractivity contribution >= 4 is 32.7 Å². The Labute approximate surface area is 266 Å². The molecule has 0 aliphatic rings. The minimum atomic E-state index is -4.63. The lowest BCUT2D eigenvalue weighted by Crippen LogP contribution is -2.39. The van der Waals surface area contributed by atoms with Crippen molar-refractivity contribution in [3.05, 3.63) is 128 Å². The number of hydrogen-bond acceptors (Lipinski definition) is 5. The maximum Gasteiger partial charge on any atom is 0.416 e. The molecular weight excluding hydrogens is 651 g/mol. The van der Waals surface area contributed by atoms with Gasteiger partial charge in [0, 0.05) is 24.2 Å². The van der Waals surface area contributed by atoms with Gasteiger partial charge < -0.3 is 14.4 Å². The second kappa shape index (κ2) is 13.2. The first-order valence-electron chi connectivity index (χ1n) is 14.0. The maximum absolute atomic E-state index is 14.2. The number of alkyl halides is 3. The van der Waals surface area contributed by atoms with Gasteiger partial charge in [0.15, 0.2) is 0 Å². The molecule has 5 rings (SSSR count). The van der Waals surface area contributed by atoms with Crippen LogP contribution in [0.5, 0.6) is 11.5 Å². The second-order valence-electron chi connectivity index (χ2n) is 10.3. The Morgan fingerprint density at radius 1 is 0.956 bits per heavy atom. The summed E-state index contributed by atoms with van der Waals surface area (Å²) in [6.07, 6.45) is -4.22. The third kappa shape index (κ3) is 6.58. The van der Waals surface area contributed by atoms with E-state index in [1.165, 1.54) is 35.8 Å². The molecule has 0 aliphatic heterocycles. The van der Waals surface area contributed by atoms with Gasteiger partial charge in [0.1, 0.15) is 17.3 Å². The fraction of sp³-hybridized carbons (Fsp3) is 0.206. The molecule has 4 aromatic carbocycles. The predicted octanol–water partition coefficient (Wildman–Crippen LogP) is 7.63. The number of nitrogens with zero attached hydrogens (tertiary/aromatic N) is 3. The molecule has 5 aromatic rings. The Kier molecular flexibility index (Phi) is 9.29. The molecule has 0 spiro atoms. The molecule has 1 aromatic heterocycles. The molecule has 0 fully saturated rings. The summed E-state index contributed by atoms with van der Waals surface area (Å²) < 4.78 is 53.7. The minimum Gasteiger partial charge on any atom is -0.497 e. The van der Waals surface area contributed by atoms with Crippen molar-refractivity contribution in [1.29, 1.82) is 0 Å². The van der Waals surface area contributed by atoms with Crippen LogP contribution in [-0.4, -0.2) is 41.1 Å². The molecule has 0 N–H and O–H groups in total. The van der Waals surface area contributed by atoms with Crippen LogP contribution in [0.2, 0.25) is 0 Å². The summed E-state index contributed by atoms with van der Waals surface area (Å²) in [5.74, 6) is 0.359. The van der Waals surface area contributed by atoms with Crippen molar-refractivity contribution in [3.63, 3.8) is 0 Å². The molecular formula is C34H29BrF3N3O4. The lowest BCUT2D eigenvalue weighted by atomic mass is 10.1. The number of carbonyl (C=O) groups is 1. The van der Waals surface area contributed by atoms with Crippen LogP contribution in [0.1, 0.15) is 40.3 Å². The first-order valence-corrected chi connectivity index (χ1v) is 14.8. The zero-order valence-corrected chi connectivity index (χ0v) is 26.2. The number of aromatic nitrogens is 2. The SMILES string of the molecule is COc1cc(OC)c(Br)c(-n2c(C(C)N(CCc3ccccc3)C(=O)c3cccc(C(F)(F)F)c3)nc3ccccc3c2=O)c1. The van der Waals surface area contributed by atoms with Crippen molar-refractivity contribution in [2.75, 3.05) is 20.8 Å². The van der Waals surface area contributed by atoms with Gasteiger partial charge in [-0.25, -0.2) is 4.98 Å². The predicted molar refractivity (Wildman–Crippen MR) is 169 cm³/mol. The van der Waals surface area contributed by atoms with Crippen molar-refractivity contribution in [2.45, 2.75) is 25.6 Å². The normalized spacial score (nSPS) is 12.2. The number of carbonyl (C=O) groups excluding carboxylic acids is 1. The molecule has 0 bridgehead atoms. The molecule has 1 atom stereocenters. The van der Waals surface area contributed by atoms with Gasteiger partial charge in [-0.1, -0.05) is 48.5 Å². The standard InChI is InChI=1S/C34H29BrF3N3O4/c1-21(40(17-16-22-10-5-4-6-11-22)32(42)23-12-9-13-24(18-23)34(36,37)38)31-39-27-15-8-7-14-26(27)33(43)41(31)28-19-25(44-2)20-29(45-3)30(28)35/h4-15,18-21H,16-17H2,1-3H3. The lowest BCUT2D eigenvalue weighted by Gasteiger charge is -2.31. The summed E-state index contributed by atoms with van der Waals surface area (Å²) in [6, 6.07) is 23.0. The highest BCUT2D eigenvalue weighted by Gasteiger charge is 2.33. The lowest BCUT2D eigenvalue weighted by molar-refractivity contribution is -0.137. The molecule has 0 saturated carbocycles. The van der Waals surface area contributed by atoms with E-state index in [2.05, 4.69) is 15.9 Å². The zero-order valence-electron chi connectivity index (χ0n) is 24.6. The summed E-state index contributed by atoms with van der Waals surface area (Å²) in [5, 5.41) is 0.335. The van der Waals surface area contributed by atoms with E-state index in [0.29, 0.717) is 39.0 Å². The van der Waals surface area contributed by atoms with Gasteiger partial charge in [-0.3, -0.25) is 14.2 Å². The number of rotatable bonds is 9. The van der Waals surface area contributed by atoms with Gasteiger partial charge >= 0.3 is 6.18 Å². The number of benzene rings is 4. The molecule has 0 saturated heterocycles. The number of para-hydroxylation sites is 1. The number of methoxy groups -OCH3 is 2. The van der Waals surface area contributed by atoms with Gasteiger partial charge in [-0.2, -0.15) is 13.2 Å². The molecule has 1 unspecified atom stereocenters. The molecule has 11 heteroatoms. The zero-order chi connectivity index (χ0) is 32.3. The maximum atomic E-state index is 14.2. The van der Waals surface area contributed by atoms with Crippen LogP contribution < -0.4 is 15.0 Å². The van der Waals surface area contributed by atoms with E-state index in [-0.39, 0.29) is 17.9 Å². The van der Waals surface area contributed by atoms with Gasteiger partial charge in [0.25, 0.3) is 11.5 Å². The van der Waals surface area contributed by atoms with Crippen molar-refractivity contribution in [1.82, 2.24) is 14.5 Å². The van der Waals surface area contributed by atoms with E-state index in [4.69, 9.17) is 14.5 Å². The monoisotopic (exact) mass is 679 g/mol. The van der Waals surface area contributed by atoms with Gasteiger partial charge in [0.2, 0.25) is 0 Å². The fourth-order valence-corrected chi connectivity index (χ4v) is 5.72. The van der Waals surface area contributed by atoms with Crippen LogP contribution in [0.3, 0.4) is 0 Å². The summed E-state index contributed by atoms with van der Waals surface area (Å²) in [6.45, 7) is 1.83. The molecule has 0 radical (unpaired) electrons. The third-order valence-corrected chi connectivity index (χ3v) is 8.31. The number of fused-ring (bicyclic) bond motifs is 1. The van der Waals surface area contributed by atoms with Gasteiger partial charge in [-0.15, -0.1) is 0 Å². The molecule has 1 heterocycles. The highest BCUT2D eigenvalue weighted by atomic mass is 79.9. The van der Waals surface area contributed by atoms with Crippen molar-refractivity contribution in [3.8, 4) is 17.2 Å². The number of amides is 1. The molecule has 0 aliphatic carbocycles. The smallest absolute Gasteiger partial charge is 0.416 e. The average Bonchev–Trinajstić information content (AvgIpc) is 3.05. The topological polar surface area (TPSA) is 73.7 Å². The van der Waals surface area contributed by atoms with E-state index in [1.807, 2.05) is 30.3 Å². The van der Waals surface area contributed by atoms with Crippen LogP contribution in [-0.2, 0) is 12.6 Å². The van der Waals surface area contributed by atoms with Crippen LogP contribution in [0.25, 0.3) is 16.6 Å². The van der Waals surface area contributed by atoms with E-state index in [9.17, 15) is 22.8 Å². The van der Waals surface area contributed by atoms with Gasteiger partial charge in [0.05, 0.1) is 46.9 Å². The summed E-state index contributed by atoms with van der Waals surface area (Å²) in [7, 11) is 2.96. The van der Waals surface area contributed by atoms with Gasteiger partial charge in [-0.05, 0) is 65.2 Å². The number of halogens is 4. The fourth-order valence-electron chi connectivity index (χ4n) is 5.15. The van der Waals surface area contributed by atoms with E-state index in [0.717, 1.165) is 17.7 Å². The molecule has 1 amide bonds. The van der Waals surface area contributed by atoms with E-state index >= 15 is 0 Å². The largest absolute Gasteiger partial charge is 0.497 e. The average molecular weight is 681 g/mol.